The highest BCUT2D eigenvalue weighted by Crippen LogP contribution is 2.32. The molecule has 116 valence electrons. The van der Waals surface area contributed by atoms with E-state index in [1.165, 1.54) is 14.0 Å². The number of carbonyl (C=O) groups excluding carboxylic acids is 1. The number of anilines is 3. The molecule has 6 nitrogen and oxygen atoms in total. The number of esters is 1. The number of nitrogens with zero attached hydrogens (tertiary/aromatic N) is 1. The van der Waals surface area contributed by atoms with Crippen LogP contribution in [0.3, 0.4) is 0 Å². The molecule has 0 atom stereocenters. The minimum Gasteiger partial charge on any atom is -0.493 e. The monoisotopic (exact) mass is 301 g/mol. The average molecular weight is 301 g/mol. The number of ether oxygens (including phenoxy) is 2. The van der Waals surface area contributed by atoms with Crippen molar-refractivity contribution in [3.8, 4) is 11.5 Å². The molecule has 0 fully saturated rings. The van der Waals surface area contributed by atoms with Gasteiger partial charge in [-0.25, -0.2) is 4.98 Å². The molecule has 0 aliphatic heterocycles. The molecule has 0 amide bonds. The van der Waals surface area contributed by atoms with Gasteiger partial charge in [0.1, 0.15) is 0 Å². The third-order valence-electron chi connectivity index (χ3n) is 3.07. The van der Waals surface area contributed by atoms with E-state index in [-0.39, 0.29) is 0 Å². The molecule has 2 aromatic rings. The lowest BCUT2D eigenvalue weighted by Crippen LogP contribution is -2.05. The summed E-state index contributed by atoms with van der Waals surface area (Å²) in [5.41, 5.74) is 9.19. The summed E-state index contributed by atoms with van der Waals surface area (Å²) in [6.07, 6.45) is 0. The first-order valence-electron chi connectivity index (χ1n) is 6.78. The van der Waals surface area contributed by atoms with Crippen LogP contribution < -0.4 is 20.5 Å². The van der Waals surface area contributed by atoms with Crippen LogP contribution in [0.5, 0.6) is 11.5 Å². The third kappa shape index (κ3) is 3.46. The van der Waals surface area contributed by atoms with Gasteiger partial charge in [-0.2, -0.15) is 0 Å². The highest BCUT2D eigenvalue weighted by Gasteiger charge is 2.10. The lowest BCUT2D eigenvalue weighted by molar-refractivity contribution is -0.132. The van der Waals surface area contributed by atoms with Gasteiger partial charge in [-0.3, -0.25) is 4.79 Å². The molecule has 0 unspecified atom stereocenters. The summed E-state index contributed by atoms with van der Waals surface area (Å²) in [6.45, 7) is 5.17. The molecule has 22 heavy (non-hydrogen) atoms. The zero-order valence-electron chi connectivity index (χ0n) is 13.1. The van der Waals surface area contributed by atoms with E-state index < -0.39 is 5.97 Å². The first kappa shape index (κ1) is 15.6. The Labute approximate surface area is 129 Å². The predicted molar refractivity (Wildman–Crippen MR) is 85.7 cm³/mol. The fourth-order valence-corrected chi connectivity index (χ4v) is 2.06. The van der Waals surface area contributed by atoms with E-state index in [9.17, 15) is 4.79 Å². The lowest BCUT2D eigenvalue weighted by Gasteiger charge is -2.14. The number of benzene rings is 1. The number of carbonyl (C=O) groups is 1. The van der Waals surface area contributed by atoms with E-state index in [0.29, 0.717) is 23.0 Å². The molecule has 0 aliphatic carbocycles. The van der Waals surface area contributed by atoms with Gasteiger partial charge >= 0.3 is 5.97 Å². The summed E-state index contributed by atoms with van der Waals surface area (Å²) >= 11 is 0. The van der Waals surface area contributed by atoms with E-state index in [1.54, 1.807) is 18.2 Å². The lowest BCUT2D eigenvalue weighted by atomic mass is 10.2. The Morgan fingerprint density at radius 1 is 1.23 bits per heavy atom. The van der Waals surface area contributed by atoms with Gasteiger partial charge in [-0.15, -0.1) is 0 Å². The Bertz CT molecular complexity index is 714. The van der Waals surface area contributed by atoms with Gasteiger partial charge in [0, 0.05) is 24.4 Å². The van der Waals surface area contributed by atoms with Gasteiger partial charge in [0.2, 0.25) is 0 Å². The Morgan fingerprint density at radius 2 is 1.95 bits per heavy atom. The largest absolute Gasteiger partial charge is 0.493 e. The molecule has 3 N–H and O–H groups in total. The molecule has 0 bridgehead atoms. The summed E-state index contributed by atoms with van der Waals surface area (Å²) in [4.78, 5) is 15.4. The Hall–Kier alpha value is -2.76. The fraction of sp³-hybridized carbons (Fsp3) is 0.250. The van der Waals surface area contributed by atoms with Crippen molar-refractivity contribution >= 4 is 23.2 Å². The highest BCUT2D eigenvalue weighted by atomic mass is 16.6. The molecule has 1 aromatic heterocycles. The Balaban J connectivity index is 2.33. The number of nitrogens with two attached hydrogens (primary N) is 1. The van der Waals surface area contributed by atoms with Crippen molar-refractivity contribution in [3.63, 3.8) is 0 Å². The minimum absolute atomic E-state index is 0.363. The van der Waals surface area contributed by atoms with Gasteiger partial charge < -0.3 is 20.5 Å². The van der Waals surface area contributed by atoms with E-state index in [0.717, 1.165) is 16.9 Å². The molecule has 0 radical (unpaired) electrons. The molecular weight excluding hydrogens is 282 g/mol. The van der Waals surface area contributed by atoms with E-state index in [2.05, 4.69) is 10.3 Å². The van der Waals surface area contributed by atoms with Crippen LogP contribution in [-0.4, -0.2) is 18.1 Å². The van der Waals surface area contributed by atoms with Gasteiger partial charge in [-0.1, -0.05) is 0 Å². The SMILES string of the molecule is COc1cc(Nc2nc(C)cc(C)c2N)ccc1OC(C)=O. The summed E-state index contributed by atoms with van der Waals surface area (Å²) in [7, 11) is 1.51. The molecule has 0 spiro atoms. The maximum absolute atomic E-state index is 11.1. The number of nitrogen functional groups attached to an aromatic ring is 1. The summed E-state index contributed by atoms with van der Waals surface area (Å²) in [5.74, 6) is 0.990. The Kier molecular flexibility index (Phi) is 4.50. The average Bonchev–Trinajstić information content (AvgIpc) is 2.45. The van der Waals surface area contributed by atoms with Crippen molar-refractivity contribution in [1.82, 2.24) is 4.98 Å². The van der Waals surface area contributed by atoms with Crippen LogP contribution in [0.25, 0.3) is 0 Å². The van der Waals surface area contributed by atoms with Crippen LogP contribution in [0.4, 0.5) is 17.2 Å². The van der Waals surface area contributed by atoms with Crippen LogP contribution in [0.15, 0.2) is 24.3 Å². The smallest absolute Gasteiger partial charge is 0.308 e. The zero-order valence-corrected chi connectivity index (χ0v) is 13.1. The van der Waals surface area contributed by atoms with Crippen molar-refractivity contribution in [2.45, 2.75) is 20.8 Å². The normalized spacial score (nSPS) is 10.2. The van der Waals surface area contributed by atoms with Gasteiger partial charge in [0.05, 0.1) is 12.8 Å². The second-order valence-electron chi connectivity index (χ2n) is 4.93. The number of methoxy groups -OCH3 is 1. The predicted octanol–water partition coefficient (Wildman–Crippen LogP) is 2.96. The third-order valence-corrected chi connectivity index (χ3v) is 3.07. The Morgan fingerprint density at radius 3 is 2.59 bits per heavy atom. The fourth-order valence-electron chi connectivity index (χ4n) is 2.06. The summed E-state index contributed by atoms with van der Waals surface area (Å²) in [6, 6.07) is 7.06. The van der Waals surface area contributed by atoms with E-state index in [4.69, 9.17) is 15.2 Å². The summed E-state index contributed by atoms with van der Waals surface area (Å²) < 4.78 is 10.3. The number of aryl methyl sites for hydroxylation is 2. The maximum atomic E-state index is 11.1. The van der Waals surface area contributed by atoms with Crippen molar-refractivity contribution < 1.29 is 14.3 Å². The molecule has 6 heteroatoms. The molecule has 1 heterocycles. The molecule has 1 aromatic carbocycles. The van der Waals surface area contributed by atoms with Crippen molar-refractivity contribution in [3.05, 3.63) is 35.5 Å². The standard InChI is InChI=1S/C16H19N3O3/c1-9-7-10(2)18-16(15(9)17)19-12-5-6-13(22-11(3)20)14(8-12)21-4/h5-8H,17H2,1-4H3,(H,18,19). The first-order valence-corrected chi connectivity index (χ1v) is 6.78. The molecular formula is C16H19N3O3. The first-order chi connectivity index (χ1) is 10.4. The maximum Gasteiger partial charge on any atom is 0.308 e. The number of hydrogen-bond donors (Lipinski definition) is 2. The number of aromatic nitrogens is 1. The van der Waals surface area contributed by atoms with Crippen molar-refractivity contribution in [1.29, 1.82) is 0 Å². The molecule has 0 saturated heterocycles. The van der Waals surface area contributed by atoms with Gasteiger partial charge in [-0.05, 0) is 37.6 Å². The zero-order chi connectivity index (χ0) is 16.3. The second kappa shape index (κ2) is 6.34. The van der Waals surface area contributed by atoms with Crippen LogP contribution in [0.1, 0.15) is 18.2 Å². The second-order valence-corrected chi connectivity index (χ2v) is 4.93. The van der Waals surface area contributed by atoms with E-state index >= 15 is 0 Å². The van der Waals surface area contributed by atoms with Crippen LogP contribution in [0.2, 0.25) is 0 Å². The number of pyridine rings is 1. The van der Waals surface area contributed by atoms with Gasteiger partial charge in [0.15, 0.2) is 17.3 Å². The topological polar surface area (TPSA) is 86.5 Å². The number of nitrogens with one attached hydrogen (secondary N) is 1. The van der Waals surface area contributed by atoms with E-state index in [1.807, 2.05) is 19.9 Å². The van der Waals surface area contributed by atoms with Crippen molar-refractivity contribution in [2.24, 2.45) is 0 Å². The minimum atomic E-state index is -0.403. The van der Waals surface area contributed by atoms with Crippen LogP contribution >= 0.6 is 0 Å². The molecule has 2 rings (SSSR count). The van der Waals surface area contributed by atoms with Crippen molar-refractivity contribution in [2.75, 3.05) is 18.2 Å². The van der Waals surface area contributed by atoms with Gasteiger partial charge in [0.25, 0.3) is 0 Å². The molecule has 0 aliphatic rings. The summed E-state index contributed by atoms with van der Waals surface area (Å²) in [5, 5.41) is 3.15. The number of hydrogen-bond acceptors (Lipinski definition) is 6. The highest BCUT2D eigenvalue weighted by molar-refractivity contribution is 5.74. The quantitative estimate of drug-likeness (QED) is 0.667. The van der Waals surface area contributed by atoms with Crippen LogP contribution in [0, 0.1) is 13.8 Å². The molecule has 0 saturated carbocycles. The number of rotatable bonds is 4. The van der Waals surface area contributed by atoms with Crippen LogP contribution in [-0.2, 0) is 4.79 Å².